The average Bonchev–Trinajstić information content (AvgIpc) is 2.46. The van der Waals surface area contributed by atoms with Crippen molar-refractivity contribution in [3.63, 3.8) is 0 Å². The molecule has 0 bridgehead atoms. The highest BCUT2D eigenvalue weighted by Gasteiger charge is 2.08. The first-order chi connectivity index (χ1) is 9.61. The fourth-order valence-corrected chi connectivity index (χ4v) is 2.29. The highest BCUT2D eigenvalue weighted by Crippen LogP contribution is 2.26. The molecule has 104 valence electrons. The minimum atomic E-state index is -0.343. The largest absolute Gasteiger partial charge is 0.487 e. The Kier molecular flexibility index (Phi) is 5.00. The van der Waals surface area contributed by atoms with E-state index in [2.05, 4.69) is 21.4 Å². The first-order valence-corrected chi connectivity index (χ1v) is 6.95. The zero-order valence-electron chi connectivity index (χ0n) is 10.4. The van der Waals surface area contributed by atoms with Crippen molar-refractivity contribution in [1.29, 1.82) is 0 Å². The number of nitrogens with two attached hydrogens (primary N) is 1. The van der Waals surface area contributed by atoms with E-state index in [9.17, 15) is 4.79 Å². The summed E-state index contributed by atoms with van der Waals surface area (Å²) in [5.74, 6) is 5.36. The zero-order chi connectivity index (χ0) is 14.5. The molecule has 0 aliphatic rings. The van der Waals surface area contributed by atoms with Gasteiger partial charge in [-0.15, -0.1) is 0 Å². The van der Waals surface area contributed by atoms with Crippen LogP contribution >= 0.6 is 27.5 Å². The Labute approximate surface area is 130 Å². The number of nitrogen functional groups attached to an aromatic ring is 1. The van der Waals surface area contributed by atoms with Crippen molar-refractivity contribution in [3.05, 3.63) is 63.1 Å². The highest BCUT2D eigenvalue weighted by molar-refractivity contribution is 9.10. The third-order valence-corrected chi connectivity index (χ3v) is 3.72. The Morgan fingerprint density at radius 1 is 1.30 bits per heavy atom. The van der Waals surface area contributed by atoms with Crippen LogP contribution in [0.1, 0.15) is 15.9 Å². The van der Waals surface area contributed by atoms with E-state index in [-0.39, 0.29) is 5.91 Å². The summed E-state index contributed by atoms with van der Waals surface area (Å²) in [7, 11) is 0. The highest BCUT2D eigenvalue weighted by atomic mass is 79.9. The van der Waals surface area contributed by atoms with Crippen molar-refractivity contribution in [2.75, 3.05) is 0 Å². The zero-order valence-corrected chi connectivity index (χ0v) is 12.7. The minimum Gasteiger partial charge on any atom is -0.487 e. The molecule has 3 N–H and O–H groups in total. The number of rotatable bonds is 4. The molecule has 1 amide bonds. The maximum absolute atomic E-state index is 11.4. The van der Waals surface area contributed by atoms with Crippen LogP contribution in [0.5, 0.6) is 5.75 Å². The normalized spacial score (nSPS) is 10.2. The van der Waals surface area contributed by atoms with Crippen molar-refractivity contribution in [2.24, 2.45) is 5.84 Å². The Balaban J connectivity index is 2.11. The van der Waals surface area contributed by atoms with Gasteiger partial charge in [0, 0.05) is 15.6 Å². The molecule has 6 heteroatoms. The molecular weight excluding hydrogens is 344 g/mol. The van der Waals surface area contributed by atoms with Crippen LogP contribution in [0.15, 0.2) is 46.9 Å². The summed E-state index contributed by atoms with van der Waals surface area (Å²) < 4.78 is 6.41. The molecule has 2 aromatic carbocycles. The molecule has 0 spiro atoms. The fraction of sp³-hybridized carbons (Fsp3) is 0.0714. The van der Waals surface area contributed by atoms with Crippen molar-refractivity contribution < 1.29 is 9.53 Å². The van der Waals surface area contributed by atoms with Gasteiger partial charge in [0.25, 0.3) is 5.91 Å². The summed E-state index contributed by atoms with van der Waals surface area (Å²) in [5, 5.41) is 0.558. The molecule has 0 atom stereocenters. The van der Waals surface area contributed by atoms with Gasteiger partial charge in [-0.25, -0.2) is 5.84 Å². The number of nitrogens with one attached hydrogen (secondary N) is 1. The minimum absolute atomic E-state index is 0.342. The monoisotopic (exact) mass is 354 g/mol. The second-order valence-corrected chi connectivity index (χ2v) is 5.26. The lowest BCUT2D eigenvalue weighted by Crippen LogP contribution is -2.29. The SMILES string of the molecule is NNC(=O)c1ccc(COc2ccccc2Cl)c(Br)c1. The topological polar surface area (TPSA) is 64.3 Å². The number of hydrazine groups is 1. The number of ether oxygens (including phenoxy) is 1. The molecule has 0 unspecified atom stereocenters. The maximum Gasteiger partial charge on any atom is 0.265 e. The van der Waals surface area contributed by atoms with E-state index in [4.69, 9.17) is 22.2 Å². The van der Waals surface area contributed by atoms with Gasteiger partial charge in [-0.1, -0.05) is 45.7 Å². The summed E-state index contributed by atoms with van der Waals surface area (Å²) in [5.41, 5.74) is 3.46. The van der Waals surface area contributed by atoms with Gasteiger partial charge in [-0.2, -0.15) is 0 Å². The summed E-state index contributed by atoms with van der Waals surface area (Å²) in [6.45, 7) is 0.342. The summed E-state index contributed by atoms with van der Waals surface area (Å²) >= 11 is 9.42. The van der Waals surface area contributed by atoms with Crippen LogP contribution in [0.25, 0.3) is 0 Å². The van der Waals surface area contributed by atoms with Crippen LogP contribution < -0.4 is 16.0 Å². The number of carbonyl (C=O) groups is 1. The van der Waals surface area contributed by atoms with Gasteiger partial charge in [0.2, 0.25) is 0 Å². The molecule has 0 heterocycles. The van der Waals surface area contributed by atoms with Gasteiger partial charge >= 0.3 is 0 Å². The molecule has 0 radical (unpaired) electrons. The van der Waals surface area contributed by atoms with E-state index in [0.717, 1.165) is 10.0 Å². The van der Waals surface area contributed by atoms with Crippen LogP contribution in [0, 0.1) is 0 Å². The first-order valence-electron chi connectivity index (χ1n) is 5.78. The fourth-order valence-electron chi connectivity index (χ4n) is 1.61. The average molecular weight is 356 g/mol. The number of para-hydroxylation sites is 1. The second-order valence-electron chi connectivity index (χ2n) is 4.00. The molecule has 2 aromatic rings. The number of carbonyl (C=O) groups excluding carboxylic acids is 1. The van der Waals surface area contributed by atoms with E-state index in [1.165, 1.54) is 0 Å². The number of amides is 1. The third-order valence-electron chi connectivity index (χ3n) is 2.67. The lowest BCUT2D eigenvalue weighted by molar-refractivity contribution is 0.0953. The van der Waals surface area contributed by atoms with E-state index in [1.807, 2.05) is 12.1 Å². The van der Waals surface area contributed by atoms with E-state index < -0.39 is 0 Å². The molecule has 0 saturated carbocycles. The third kappa shape index (κ3) is 3.50. The number of hydrogen-bond donors (Lipinski definition) is 2. The number of hydrogen-bond acceptors (Lipinski definition) is 3. The Hall–Kier alpha value is -1.56. The smallest absolute Gasteiger partial charge is 0.265 e. The molecule has 0 fully saturated rings. The van der Waals surface area contributed by atoms with Gasteiger partial charge in [0.05, 0.1) is 5.02 Å². The molecule has 0 saturated heterocycles. The summed E-state index contributed by atoms with van der Waals surface area (Å²) in [6.07, 6.45) is 0. The van der Waals surface area contributed by atoms with Crippen LogP contribution in [0.3, 0.4) is 0 Å². The van der Waals surface area contributed by atoms with Crippen molar-refractivity contribution in [3.8, 4) is 5.75 Å². The quantitative estimate of drug-likeness (QED) is 0.502. The molecular formula is C14H12BrClN2O2. The van der Waals surface area contributed by atoms with Crippen molar-refractivity contribution >= 4 is 33.4 Å². The van der Waals surface area contributed by atoms with Crippen molar-refractivity contribution in [2.45, 2.75) is 6.61 Å². The Morgan fingerprint density at radius 3 is 2.70 bits per heavy atom. The lowest BCUT2D eigenvalue weighted by atomic mass is 10.1. The van der Waals surface area contributed by atoms with E-state index in [0.29, 0.717) is 22.9 Å². The van der Waals surface area contributed by atoms with Gasteiger partial charge in [-0.3, -0.25) is 10.2 Å². The van der Waals surface area contributed by atoms with Crippen LogP contribution in [-0.4, -0.2) is 5.91 Å². The first kappa shape index (κ1) is 14.8. The lowest BCUT2D eigenvalue weighted by Gasteiger charge is -2.10. The number of halogens is 2. The Morgan fingerprint density at radius 2 is 2.05 bits per heavy atom. The second kappa shape index (κ2) is 6.74. The van der Waals surface area contributed by atoms with Crippen LogP contribution in [0.4, 0.5) is 0 Å². The van der Waals surface area contributed by atoms with Gasteiger partial charge in [0.15, 0.2) is 0 Å². The molecule has 20 heavy (non-hydrogen) atoms. The predicted octanol–water partition coefficient (Wildman–Crippen LogP) is 3.29. The molecule has 2 rings (SSSR count). The predicted molar refractivity (Wildman–Crippen MR) is 81.6 cm³/mol. The molecule has 0 aliphatic carbocycles. The number of benzene rings is 2. The van der Waals surface area contributed by atoms with E-state index in [1.54, 1.807) is 30.3 Å². The van der Waals surface area contributed by atoms with Crippen LogP contribution in [-0.2, 0) is 6.61 Å². The van der Waals surface area contributed by atoms with E-state index >= 15 is 0 Å². The maximum atomic E-state index is 11.4. The van der Waals surface area contributed by atoms with Gasteiger partial charge in [0.1, 0.15) is 12.4 Å². The summed E-state index contributed by atoms with van der Waals surface area (Å²) in [6, 6.07) is 12.4. The van der Waals surface area contributed by atoms with Crippen molar-refractivity contribution in [1.82, 2.24) is 5.43 Å². The van der Waals surface area contributed by atoms with Gasteiger partial charge < -0.3 is 4.74 Å². The molecule has 4 nitrogen and oxygen atoms in total. The van der Waals surface area contributed by atoms with Crippen LogP contribution in [0.2, 0.25) is 5.02 Å². The molecule has 0 aliphatic heterocycles. The van der Waals surface area contributed by atoms with Gasteiger partial charge in [-0.05, 0) is 24.3 Å². The standard InChI is InChI=1S/C14H12BrClN2O2/c15-11-7-9(14(19)18-17)5-6-10(11)8-20-13-4-2-1-3-12(13)16/h1-7H,8,17H2,(H,18,19). The summed E-state index contributed by atoms with van der Waals surface area (Å²) in [4.78, 5) is 11.4. The Bertz CT molecular complexity index is 634. The molecule has 0 aromatic heterocycles.